The number of aryl methyl sites for hydroxylation is 1. The minimum absolute atomic E-state index is 0.635. The Morgan fingerprint density at radius 1 is 1.39 bits per heavy atom. The predicted molar refractivity (Wildman–Crippen MR) is 76.7 cm³/mol. The molecule has 3 nitrogen and oxygen atoms in total. The highest BCUT2D eigenvalue weighted by atomic mass is 16.5. The lowest BCUT2D eigenvalue weighted by molar-refractivity contribution is 0.108. The van der Waals surface area contributed by atoms with Gasteiger partial charge in [0, 0.05) is 38.2 Å². The first-order valence-electron chi connectivity index (χ1n) is 7.16. The SMILES string of the molecule is CCCn1cccc1CNCCCOCC(C)C. The Morgan fingerprint density at radius 2 is 2.22 bits per heavy atom. The van der Waals surface area contributed by atoms with E-state index in [0.717, 1.165) is 39.3 Å². The van der Waals surface area contributed by atoms with Gasteiger partial charge in [-0.2, -0.15) is 0 Å². The van der Waals surface area contributed by atoms with Gasteiger partial charge in [-0.3, -0.25) is 0 Å². The average Bonchev–Trinajstić information content (AvgIpc) is 2.76. The quantitative estimate of drug-likeness (QED) is 0.648. The molecule has 0 amide bonds. The number of ether oxygens (including phenoxy) is 1. The maximum absolute atomic E-state index is 5.55. The topological polar surface area (TPSA) is 26.2 Å². The third-order valence-electron chi connectivity index (χ3n) is 2.79. The van der Waals surface area contributed by atoms with E-state index >= 15 is 0 Å². The van der Waals surface area contributed by atoms with Gasteiger partial charge in [-0.05, 0) is 37.4 Å². The van der Waals surface area contributed by atoms with E-state index in [4.69, 9.17) is 4.74 Å². The number of hydrogen-bond acceptors (Lipinski definition) is 2. The van der Waals surface area contributed by atoms with Crippen LogP contribution in [-0.4, -0.2) is 24.3 Å². The first-order valence-corrected chi connectivity index (χ1v) is 7.16. The summed E-state index contributed by atoms with van der Waals surface area (Å²) in [6.07, 6.45) is 4.43. The molecular formula is C15H28N2O. The van der Waals surface area contributed by atoms with Gasteiger partial charge in [-0.1, -0.05) is 20.8 Å². The second-order valence-electron chi connectivity index (χ2n) is 5.19. The minimum atomic E-state index is 0.635. The second-order valence-corrected chi connectivity index (χ2v) is 5.19. The van der Waals surface area contributed by atoms with Crippen LogP contribution in [0, 0.1) is 5.92 Å². The summed E-state index contributed by atoms with van der Waals surface area (Å²) >= 11 is 0. The van der Waals surface area contributed by atoms with Gasteiger partial charge in [0.1, 0.15) is 0 Å². The molecule has 104 valence electrons. The number of nitrogens with zero attached hydrogens (tertiary/aromatic N) is 1. The lowest BCUT2D eigenvalue weighted by Gasteiger charge is -2.10. The first kappa shape index (κ1) is 15.3. The third kappa shape index (κ3) is 6.22. The zero-order chi connectivity index (χ0) is 13.2. The van der Waals surface area contributed by atoms with Crippen molar-refractivity contribution >= 4 is 0 Å². The predicted octanol–water partition coefficient (Wildman–Crippen LogP) is 3.05. The molecule has 1 heterocycles. The van der Waals surface area contributed by atoms with Crippen molar-refractivity contribution in [1.82, 2.24) is 9.88 Å². The second kappa shape index (κ2) is 9.17. The summed E-state index contributed by atoms with van der Waals surface area (Å²) in [6.45, 7) is 11.4. The maximum Gasteiger partial charge on any atom is 0.0489 e. The van der Waals surface area contributed by atoms with Crippen molar-refractivity contribution in [2.24, 2.45) is 5.92 Å². The van der Waals surface area contributed by atoms with Crippen LogP contribution in [0.5, 0.6) is 0 Å². The lowest BCUT2D eigenvalue weighted by Crippen LogP contribution is -2.19. The molecule has 0 aliphatic rings. The Hall–Kier alpha value is -0.800. The van der Waals surface area contributed by atoms with Crippen LogP contribution in [0.3, 0.4) is 0 Å². The summed E-state index contributed by atoms with van der Waals surface area (Å²) in [5.74, 6) is 0.635. The van der Waals surface area contributed by atoms with E-state index in [9.17, 15) is 0 Å². The van der Waals surface area contributed by atoms with Crippen molar-refractivity contribution in [3.05, 3.63) is 24.0 Å². The van der Waals surface area contributed by atoms with Crippen LogP contribution in [0.1, 0.15) is 39.3 Å². The fourth-order valence-electron chi connectivity index (χ4n) is 1.90. The zero-order valence-electron chi connectivity index (χ0n) is 12.1. The Morgan fingerprint density at radius 3 is 2.94 bits per heavy atom. The number of nitrogens with one attached hydrogen (secondary N) is 1. The number of rotatable bonds is 10. The van der Waals surface area contributed by atoms with Gasteiger partial charge in [-0.15, -0.1) is 0 Å². The van der Waals surface area contributed by atoms with Gasteiger partial charge in [0.05, 0.1) is 0 Å². The van der Waals surface area contributed by atoms with Crippen LogP contribution in [-0.2, 0) is 17.8 Å². The van der Waals surface area contributed by atoms with Crippen molar-refractivity contribution in [2.45, 2.75) is 46.7 Å². The highest BCUT2D eigenvalue weighted by Crippen LogP contribution is 2.03. The molecular weight excluding hydrogens is 224 g/mol. The fraction of sp³-hybridized carbons (Fsp3) is 0.733. The van der Waals surface area contributed by atoms with Crippen LogP contribution < -0.4 is 5.32 Å². The van der Waals surface area contributed by atoms with E-state index in [1.807, 2.05) is 0 Å². The maximum atomic E-state index is 5.55. The van der Waals surface area contributed by atoms with Gasteiger partial charge < -0.3 is 14.6 Å². The van der Waals surface area contributed by atoms with Gasteiger partial charge >= 0.3 is 0 Å². The molecule has 0 saturated heterocycles. The van der Waals surface area contributed by atoms with Crippen molar-refractivity contribution in [3.63, 3.8) is 0 Å². The molecule has 0 unspecified atom stereocenters. The Kier molecular flexibility index (Phi) is 7.78. The molecule has 0 aromatic carbocycles. The molecule has 1 N–H and O–H groups in total. The Labute approximate surface area is 112 Å². The average molecular weight is 252 g/mol. The summed E-state index contributed by atoms with van der Waals surface area (Å²) < 4.78 is 7.87. The van der Waals surface area contributed by atoms with E-state index in [1.54, 1.807) is 0 Å². The van der Waals surface area contributed by atoms with Crippen molar-refractivity contribution in [2.75, 3.05) is 19.8 Å². The molecule has 0 bridgehead atoms. The molecule has 1 aromatic rings. The Bertz CT molecular complexity index is 307. The van der Waals surface area contributed by atoms with Gasteiger partial charge in [0.2, 0.25) is 0 Å². The van der Waals surface area contributed by atoms with Crippen molar-refractivity contribution in [1.29, 1.82) is 0 Å². The molecule has 3 heteroatoms. The number of hydrogen-bond donors (Lipinski definition) is 1. The first-order chi connectivity index (χ1) is 8.74. The van der Waals surface area contributed by atoms with Crippen LogP contribution in [0.15, 0.2) is 18.3 Å². The Balaban J connectivity index is 2.05. The highest BCUT2D eigenvalue weighted by Gasteiger charge is 1.99. The van der Waals surface area contributed by atoms with Crippen LogP contribution in [0.2, 0.25) is 0 Å². The largest absolute Gasteiger partial charge is 0.381 e. The molecule has 1 aromatic heterocycles. The number of aromatic nitrogens is 1. The van der Waals surface area contributed by atoms with E-state index in [2.05, 4.69) is 49.0 Å². The lowest BCUT2D eigenvalue weighted by atomic mass is 10.2. The van der Waals surface area contributed by atoms with E-state index in [0.29, 0.717) is 5.92 Å². The van der Waals surface area contributed by atoms with E-state index in [-0.39, 0.29) is 0 Å². The fourth-order valence-corrected chi connectivity index (χ4v) is 1.90. The van der Waals surface area contributed by atoms with Crippen LogP contribution in [0.25, 0.3) is 0 Å². The van der Waals surface area contributed by atoms with Crippen LogP contribution >= 0.6 is 0 Å². The van der Waals surface area contributed by atoms with Gasteiger partial charge in [-0.25, -0.2) is 0 Å². The molecule has 18 heavy (non-hydrogen) atoms. The zero-order valence-corrected chi connectivity index (χ0v) is 12.1. The minimum Gasteiger partial charge on any atom is -0.381 e. The summed E-state index contributed by atoms with van der Waals surface area (Å²) in [5, 5.41) is 3.47. The highest BCUT2D eigenvalue weighted by molar-refractivity contribution is 5.06. The normalized spacial score (nSPS) is 11.3. The molecule has 0 aliphatic heterocycles. The van der Waals surface area contributed by atoms with Gasteiger partial charge in [0.25, 0.3) is 0 Å². The molecule has 0 atom stereocenters. The smallest absolute Gasteiger partial charge is 0.0489 e. The summed E-state index contributed by atoms with van der Waals surface area (Å²) in [6, 6.07) is 4.32. The summed E-state index contributed by atoms with van der Waals surface area (Å²) in [5.41, 5.74) is 1.37. The monoisotopic (exact) mass is 252 g/mol. The molecule has 0 saturated carbocycles. The van der Waals surface area contributed by atoms with E-state index in [1.165, 1.54) is 12.1 Å². The third-order valence-corrected chi connectivity index (χ3v) is 2.79. The molecule has 0 aliphatic carbocycles. The molecule has 0 fully saturated rings. The van der Waals surface area contributed by atoms with Gasteiger partial charge in [0.15, 0.2) is 0 Å². The summed E-state index contributed by atoms with van der Waals surface area (Å²) in [7, 11) is 0. The summed E-state index contributed by atoms with van der Waals surface area (Å²) in [4.78, 5) is 0. The molecule has 1 rings (SSSR count). The molecule has 0 spiro atoms. The van der Waals surface area contributed by atoms with Crippen molar-refractivity contribution < 1.29 is 4.74 Å². The molecule has 0 radical (unpaired) electrons. The standard InChI is InChI=1S/C15H28N2O/c1-4-9-17-10-5-7-15(17)12-16-8-6-11-18-13-14(2)3/h5,7,10,14,16H,4,6,8-9,11-13H2,1-3H3. The van der Waals surface area contributed by atoms with Crippen molar-refractivity contribution in [3.8, 4) is 0 Å². The van der Waals surface area contributed by atoms with Crippen LogP contribution in [0.4, 0.5) is 0 Å². The van der Waals surface area contributed by atoms with E-state index < -0.39 is 0 Å².